The van der Waals surface area contributed by atoms with Crippen LogP contribution in [0.2, 0.25) is 0 Å². The minimum Gasteiger partial charge on any atom is -0.397 e. The number of anilines is 2. The molecule has 4 N–H and O–H groups in total. The highest BCUT2D eigenvalue weighted by Gasteiger charge is 2.29. The van der Waals surface area contributed by atoms with E-state index < -0.39 is 0 Å². The highest BCUT2D eigenvalue weighted by atomic mass is 127. The standard InChI is InChI=1S/C17H20IN3/c18-17(12-5-2-1-3-6-12)21-10-9-13(11-21)14-7-4-8-15(19)16(14)20/h1-8,13,17H,9-11,19-20H2. The van der Waals surface area contributed by atoms with Gasteiger partial charge in [-0.2, -0.15) is 0 Å². The fourth-order valence-corrected chi connectivity index (χ4v) is 3.95. The SMILES string of the molecule is Nc1cccc(C2CCN(C(I)c3ccccc3)C2)c1N. The minimum absolute atomic E-state index is 0.413. The normalized spacial score (nSPS) is 20.5. The van der Waals surface area contributed by atoms with Crippen LogP contribution >= 0.6 is 22.6 Å². The molecule has 2 unspecified atom stereocenters. The van der Waals surface area contributed by atoms with Gasteiger partial charge in [-0.15, -0.1) is 0 Å². The van der Waals surface area contributed by atoms with Gasteiger partial charge >= 0.3 is 0 Å². The van der Waals surface area contributed by atoms with Crippen molar-refractivity contribution in [3.05, 3.63) is 59.7 Å². The van der Waals surface area contributed by atoms with Crippen molar-refractivity contribution in [1.82, 2.24) is 4.90 Å². The van der Waals surface area contributed by atoms with Gasteiger partial charge < -0.3 is 11.5 Å². The number of nitrogens with zero attached hydrogens (tertiary/aromatic N) is 1. The predicted octanol–water partition coefficient (Wildman–Crippen LogP) is 3.77. The number of nitrogen functional groups attached to an aromatic ring is 2. The molecule has 0 bridgehead atoms. The zero-order chi connectivity index (χ0) is 14.8. The van der Waals surface area contributed by atoms with Crippen LogP contribution in [0.5, 0.6) is 0 Å². The van der Waals surface area contributed by atoms with E-state index in [1.807, 2.05) is 12.1 Å². The van der Waals surface area contributed by atoms with Crippen molar-refractivity contribution < 1.29 is 0 Å². The second kappa shape index (κ2) is 6.23. The molecule has 0 aliphatic carbocycles. The van der Waals surface area contributed by atoms with Gasteiger partial charge in [-0.25, -0.2) is 0 Å². The second-order valence-electron chi connectivity index (χ2n) is 5.58. The number of hydrogen-bond donors (Lipinski definition) is 2. The highest BCUT2D eigenvalue weighted by Crippen LogP contribution is 2.38. The lowest BCUT2D eigenvalue weighted by atomic mass is 9.96. The van der Waals surface area contributed by atoms with E-state index in [-0.39, 0.29) is 0 Å². The quantitative estimate of drug-likeness (QED) is 0.361. The Labute approximate surface area is 139 Å². The van der Waals surface area contributed by atoms with E-state index in [9.17, 15) is 0 Å². The van der Waals surface area contributed by atoms with Gasteiger partial charge in [0.05, 0.1) is 15.4 Å². The number of nitrogens with two attached hydrogens (primary N) is 2. The monoisotopic (exact) mass is 393 g/mol. The van der Waals surface area contributed by atoms with Gasteiger partial charge in [0.15, 0.2) is 0 Å². The molecule has 1 saturated heterocycles. The lowest BCUT2D eigenvalue weighted by Gasteiger charge is -2.23. The number of halogens is 1. The number of alkyl halides is 1. The predicted molar refractivity (Wildman–Crippen MR) is 97.4 cm³/mol. The average Bonchev–Trinajstić information content (AvgIpc) is 3.00. The molecule has 2 atom stereocenters. The van der Waals surface area contributed by atoms with Crippen LogP contribution < -0.4 is 11.5 Å². The third kappa shape index (κ3) is 3.01. The summed E-state index contributed by atoms with van der Waals surface area (Å²) < 4.78 is 0.413. The van der Waals surface area contributed by atoms with Gasteiger partial charge in [-0.1, -0.05) is 65.1 Å². The summed E-state index contributed by atoms with van der Waals surface area (Å²) >= 11 is 2.52. The Morgan fingerprint density at radius 3 is 2.57 bits per heavy atom. The summed E-state index contributed by atoms with van der Waals surface area (Å²) in [5.41, 5.74) is 16.1. The molecule has 3 nitrogen and oxygen atoms in total. The van der Waals surface area contributed by atoms with E-state index in [0.717, 1.165) is 25.2 Å². The zero-order valence-electron chi connectivity index (χ0n) is 11.9. The molecule has 0 aromatic heterocycles. The van der Waals surface area contributed by atoms with Crippen LogP contribution in [0.1, 0.15) is 27.5 Å². The topological polar surface area (TPSA) is 55.3 Å². The fourth-order valence-electron chi connectivity index (χ4n) is 3.03. The summed E-state index contributed by atoms with van der Waals surface area (Å²) in [5.74, 6) is 0.481. The zero-order valence-corrected chi connectivity index (χ0v) is 14.0. The molecular weight excluding hydrogens is 373 g/mol. The number of hydrogen-bond acceptors (Lipinski definition) is 3. The third-order valence-electron chi connectivity index (χ3n) is 4.23. The molecule has 21 heavy (non-hydrogen) atoms. The lowest BCUT2D eigenvalue weighted by Crippen LogP contribution is -2.22. The van der Waals surface area contributed by atoms with Crippen molar-refractivity contribution in [2.24, 2.45) is 0 Å². The summed E-state index contributed by atoms with van der Waals surface area (Å²) in [7, 11) is 0. The Bertz CT molecular complexity index is 615. The molecule has 0 spiro atoms. The molecule has 110 valence electrons. The van der Waals surface area contributed by atoms with Crippen LogP contribution in [-0.4, -0.2) is 18.0 Å². The summed E-state index contributed by atoms with van der Waals surface area (Å²) in [6.07, 6.45) is 1.14. The first-order chi connectivity index (χ1) is 10.2. The van der Waals surface area contributed by atoms with Crippen LogP contribution in [0.4, 0.5) is 11.4 Å². The number of para-hydroxylation sites is 1. The Morgan fingerprint density at radius 2 is 1.81 bits per heavy atom. The van der Waals surface area contributed by atoms with Crippen molar-refractivity contribution in [2.75, 3.05) is 24.6 Å². The van der Waals surface area contributed by atoms with Crippen molar-refractivity contribution in [2.45, 2.75) is 16.4 Å². The first-order valence-corrected chi connectivity index (χ1v) is 8.48. The Morgan fingerprint density at radius 1 is 1.05 bits per heavy atom. The molecule has 1 aliphatic rings. The molecule has 0 saturated carbocycles. The molecule has 4 heteroatoms. The van der Waals surface area contributed by atoms with Crippen LogP contribution in [0.15, 0.2) is 48.5 Å². The van der Waals surface area contributed by atoms with E-state index in [2.05, 4.69) is 63.9 Å². The molecular formula is C17H20IN3. The smallest absolute Gasteiger partial charge is 0.0874 e. The number of rotatable bonds is 3. The van der Waals surface area contributed by atoms with Gasteiger partial charge in [0.2, 0.25) is 0 Å². The fraction of sp³-hybridized carbons (Fsp3) is 0.294. The number of benzene rings is 2. The molecule has 1 fully saturated rings. The van der Waals surface area contributed by atoms with Gasteiger partial charge in [-0.05, 0) is 29.5 Å². The summed E-state index contributed by atoms with van der Waals surface area (Å²) in [4.78, 5) is 2.52. The van der Waals surface area contributed by atoms with Crippen LogP contribution in [0.25, 0.3) is 0 Å². The average molecular weight is 393 g/mol. The van der Waals surface area contributed by atoms with Crippen molar-refractivity contribution in [3.63, 3.8) is 0 Å². The van der Waals surface area contributed by atoms with Crippen molar-refractivity contribution in [1.29, 1.82) is 0 Å². The Balaban J connectivity index is 1.75. The lowest BCUT2D eigenvalue weighted by molar-refractivity contribution is 0.330. The first-order valence-electron chi connectivity index (χ1n) is 7.23. The molecule has 0 amide bonds. The first kappa shape index (κ1) is 14.7. The van der Waals surface area contributed by atoms with Crippen molar-refractivity contribution >= 4 is 34.0 Å². The van der Waals surface area contributed by atoms with E-state index in [4.69, 9.17) is 11.5 Å². The summed E-state index contributed by atoms with van der Waals surface area (Å²) in [5, 5.41) is 0. The van der Waals surface area contributed by atoms with E-state index in [1.165, 1.54) is 11.1 Å². The Kier molecular flexibility index (Phi) is 4.35. The molecule has 1 aliphatic heterocycles. The van der Waals surface area contributed by atoms with Gasteiger partial charge in [0, 0.05) is 13.1 Å². The Hall–Kier alpha value is -1.27. The third-order valence-corrected chi connectivity index (χ3v) is 5.74. The number of likely N-dealkylation sites (tertiary alicyclic amines) is 1. The van der Waals surface area contributed by atoms with E-state index in [1.54, 1.807) is 0 Å². The van der Waals surface area contributed by atoms with Crippen molar-refractivity contribution in [3.8, 4) is 0 Å². The summed E-state index contributed by atoms with van der Waals surface area (Å²) in [6.45, 7) is 2.14. The molecule has 1 heterocycles. The molecule has 2 aromatic carbocycles. The molecule has 0 radical (unpaired) electrons. The molecule has 3 rings (SSSR count). The maximum atomic E-state index is 6.15. The van der Waals surface area contributed by atoms with Crippen LogP contribution in [-0.2, 0) is 0 Å². The van der Waals surface area contributed by atoms with E-state index >= 15 is 0 Å². The van der Waals surface area contributed by atoms with Gasteiger partial charge in [0.25, 0.3) is 0 Å². The maximum absolute atomic E-state index is 6.15. The second-order valence-corrected chi connectivity index (χ2v) is 6.76. The van der Waals surface area contributed by atoms with Crippen LogP contribution in [0.3, 0.4) is 0 Å². The van der Waals surface area contributed by atoms with E-state index in [0.29, 0.717) is 15.7 Å². The maximum Gasteiger partial charge on any atom is 0.0874 e. The van der Waals surface area contributed by atoms with Crippen LogP contribution in [0, 0.1) is 0 Å². The largest absolute Gasteiger partial charge is 0.397 e. The minimum atomic E-state index is 0.413. The summed E-state index contributed by atoms with van der Waals surface area (Å²) in [6, 6.07) is 16.6. The van der Waals surface area contributed by atoms with Gasteiger partial charge in [0.1, 0.15) is 0 Å². The van der Waals surface area contributed by atoms with Gasteiger partial charge in [-0.3, -0.25) is 4.90 Å². The highest BCUT2D eigenvalue weighted by molar-refractivity contribution is 14.1. The molecule has 2 aromatic rings.